The number of aliphatic hydroxyl groups excluding tert-OH is 24. The summed E-state index contributed by atoms with van der Waals surface area (Å²) >= 11 is 0. The molecule has 0 aromatic rings. The van der Waals surface area contributed by atoms with Crippen molar-refractivity contribution in [2.24, 2.45) is 0 Å². The zero-order valence-electron chi connectivity index (χ0n) is 87.3. The first kappa shape index (κ1) is 129. The van der Waals surface area contributed by atoms with Gasteiger partial charge in [0.25, 0.3) is 0 Å². The molecular formula is C100H178N4O46. The number of rotatable bonds is 64. The summed E-state index contributed by atoms with van der Waals surface area (Å²) in [7, 11) is 0. The third-order valence-electron chi connectivity index (χ3n) is 29.4. The molecule has 9 rings (SSSR count). The first-order chi connectivity index (χ1) is 71.8. The van der Waals surface area contributed by atoms with Crippen molar-refractivity contribution in [2.75, 3.05) is 52.9 Å². The fraction of sp³-hybridized carbons (Fsp3) is 0.940. The standard InChI is InChI=1S/C100H178N4O46/c1-8-10-12-14-16-18-20-22-23-24-25-26-27-29-31-33-35-37-39-41-64(116)104-55(56(115)40-38-36-34-32-30-28-21-19-17-15-13-11-9-2)49-133-95-82(131)79(128)85(63(48-111)142-95)143-98-83(132)87(72(121)59(44-107)138-98)146-93-66(102-53(6)113)76(125)84(62(47-110)141-93)144-99-90(149-96-80(129)77(126)68(117)50(3)134-96)89(74(123)60(45-108)139-99)148-94-67(103-54(7)114)86(71(120)58(43-106)137-94)145-100-91(150-97-81(130)78(127)69(118)51(4)135-97)88(73(122)61(46-109)140-100)147-92-65(101-52(5)112)75(124)70(119)57(42-105)136-92/h38,40,50-51,55-63,65-100,105-111,115,117-132H,8-37,39,41-49H2,1-7H3,(H,101,112)(H,102,113)(H,103,114)(H,104,116)/b40-38+/t50?,51?,55-,56+,57?,58?,59?,60?,61?,62?,63?,65?,66?,67?,68+,69+,70-,71-,72-,73-,74-,75+,76+,77?,78?,79+,80-,81-,82?,83?,84+,85+,86+,87-,88-,89-,90?,91?,92+,93-,94+,95+,96+,97+,98-,99-,100-/m0/s1. The van der Waals surface area contributed by atoms with E-state index in [2.05, 4.69) is 35.1 Å². The lowest BCUT2D eigenvalue weighted by Crippen LogP contribution is -2.72. The van der Waals surface area contributed by atoms with Crippen LogP contribution in [0.15, 0.2) is 12.2 Å². The van der Waals surface area contributed by atoms with Crippen molar-refractivity contribution in [2.45, 2.75) is 542 Å². The molecule has 9 fully saturated rings. The van der Waals surface area contributed by atoms with Crippen LogP contribution >= 0.6 is 0 Å². The highest BCUT2D eigenvalue weighted by Gasteiger charge is 2.63. The third-order valence-corrected chi connectivity index (χ3v) is 29.4. The van der Waals surface area contributed by atoms with Crippen LogP contribution in [0.4, 0.5) is 0 Å². The Morgan fingerprint density at radius 1 is 0.273 bits per heavy atom. The molecule has 9 heterocycles. The lowest BCUT2D eigenvalue weighted by atomic mass is 9.93. The predicted octanol–water partition coefficient (Wildman–Crippen LogP) is -5.19. The van der Waals surface area contributed by atoms with Crippen molar-refractivity contribution in [1.29, 1.82) is 0 Å². The Labute approximate surface area is 875 Å². The van der Waals surface area contributed by atoms with Gasteiger partial charge in [-0.25, -0.2) is 0 Å². The summed E-state index contributed by atoms with van der Waals surface area (Å²) in [6, 6.07) is -7.06. The monoisotopic (exact) mass is 2170 g/mol. The zero-order chi connectivity index (χ0) is 110. The van der Waals surface area contributed by atoms with Gasteiger partial charge in [-0.3, -0.25) is 19.2 Å². The summed E-state index contributed by atoms with van der Waals surface area (Å²) in [5.74, 6) is -3.25. The van der Waals surface area contributed by atoms with Crippen molar-refractivity contribution in [3.8, 4) is 0 Å². The van der Waals surface area contributed by atoms with E-state index in [1.165, 1.54) is 142 Å². The molecule has 0 aliphatic carbocycles. The van der Waals surface area contributed by atoms with E-state index in [9.17, 15) is 142 Å². The number of aliphatic hydroxyl groups is 24. The molecule has 18 unspecified atom stereocenters. The number of unbranched alkanes of at least 4 members (excludes halogenated alkanes) is 29. The molecule has 0 aromatic heterocycles. The molecule has 50 nitrogen and oxygen atoms in total. The van der Waals surface area contributed by atoms with Gasteiger partial charge in [0, 0.05) is 27.2 Å². The zero-order valence-corrected chi connectivity index (χ0v) is 87.3. The second-order valence-corrected chi connectivity index (χ2v) is 41.2. The van der Waals surface area contributed by atoms with E-state index in [4.69, 9.17) is 85.3 Å². The van der Waals surface area contributed by atoms with Crippen LogP contribution in [0.25, 0.3) is 0 Å². The molecule has 0 aromatic carbocycles. The second-order valence-electron chi connectivity index (χ2n) is 41.2. The van der Waals surface area contributed by atoms with Crippen LogP contribution in [0.3, 0.4) is 0 Å². The number of hydrogen-bond donors (Lipinski definition) is 28. The van der Waals surface area contributed by atoms with E-state index in [0.29, 0.717) is 12.8 Å². The van der Waals surface area contributed by atoms with Crippen molar-refractivity contribution in [3.63, 3.8) is 0 Å². The number of amides is 4. The van der Waals surface area contributed by atoms with Gasteiger partial charge in [-0.05, 0) is 33.1 Å². The smallest absolute Gasteiger partial charge is 0.220 e. The molecule has 50 heteroatoms. The highest BCUT2D eigenvalue weighted by Crippen LogP contribution is 2.43. The fourth-order valence-corrected chi connectivity index (χ4v) is 20.5. The van der Waals surface area contributed by atoms with E-state index in [1.54, 1.807) is 6.08 Å². The average molecular weight is 2170 g/mol. The molecule has 874 valence electrons. The van der Waals surface area contributed by atoms with E-state index in [1.807, 2.05) is 6.08 Å². The van der Waals surface area contributed by atoms with Crippen LogP contribution < -0.4 is 21.3 Å². The lowest BCUT2D eigenvalue weighted by molar-refractivity contribution is -0.409. The van der Waals surface area contributed by atoms with Crippen LogP contribution in [0.2, 0.25) is 0 Å². The van der Waals surface area contributed by atoms with Gasteiger partial charge in [-0.15, -0.1) is 0 Å². The molecule has 28 N–H and O–H groups in total. The van der Waals surface area contributed by atoms with Gasteiger partial charge in [0.1, 0.15) is 207 Å². The molecule has 0 radical (unpaired) electrons. The van der Waals surface area contributed by atoms with Crippen LogP contribution in [-0.4, -0.2) is 487 Å². The molecule has 47 atom stereocenters. The highest BCUT2D eigenvalue weighted by molar-refractivity contribution is 5.76. The van der Waals surface area contributed by atoms with Gasteiger partial charge in [-0.1, -0.05) is 206 Å². The fourth-order valence-electron chi connectivity index (χ4n) is 20.5. The molecule has 0 spiro atoms. The Morgan fingerprint density at radius 2 is 0.567 bits per heavy atom. The first-order valence-corrected chi connectivity index (χ1v) is 54.2. The number of ether oxygens (including phenoxy) is 18. The maximum atomic E-state index is 13.8. The summed E-state index contributed by atoms with van der Waals surface area (Å²) in [4.78, 5) is 53.7. The minimum absolute atomic E-state index is 0.135. The van der Waals surface area contributed by atoms with Gasteiger partial charge in [-0.2, -0.15) is 0 Å². The normalized spacial score (nSPS) is 40.1. The summed E-state index contributed by atoms with van der Waals surface area (Å²) in [5.41, 5.74) is 0. The van der Waals surface area contributed by atoms with E-state index in [-0.39, 0.29) is 12.3 Å². The highest BCUT2D eigenvalue weighted by atomic mass is 16.8. The van der Waals surface area contributed by atoms with Crippen LogP contribution in [0.5, 0.6) is 0 Å². The molecule has 9 aliphatic heterocycles. The number of allylic oxidation sites excluding steroid dienone is 1. The Kier molecular flexibility index (Phi) is 57.1. The number of hydrogen-bond acceptors (Lipinski definition) is 46. The summed E-state index contributed by atoms with van der Waals surface area (Å²) in [6.07, 6.45) is -49.3. The summed E-state index contributed by atoms with van der Waals surface area (Å²) < 4.78 is 111. The Hall–Kier alpha value is -4.06. The van der Waals surface area contributed by atoms with E-state index < -0.39 is 359 Å². The molecule has 9 saturated heterocycles. The van der Waals surface area contributed by atoms with Gasteiger partial charge < -0.3 is 229 Å². The molecule has 0 saturated carbocycles. The van der Waals surface area contributed by atoms with Crippen LogP contribution in [0, 0.1) is 0 Å². The topological polar surface area (TPSA) is 768 Å². The van der Waals surface area contributed by atoms with Gasteiger partial charge in [0.2, 0.25) is 23.6 Å². The lowest BCUT2D eigenvalue weighted by Gasteiger charge is -2.52. The van der Waals surface area contributed by atoms with Gasteiger partial charge >= 0.3 is 0 Å². The molecule has 9 aliphatic rings. The first-order valence-electron chi connectivity index (χ1n) is 54.2. The minimum Gasteiger partial charge on any atom is -0.394 e. The Bertz CT molecular complexity index is 3780. The van der Waals surface area contributed by atoms with Crippen molar-refractivity contribution in [1.82, 2.24) is 21.3 Å². The summed E-state index contributed by atoms with van der Waals surface area (Å²) in [5, 5.41) is 286. The molecular weight excluding hydrogens is 1990 g/mol. The molecule has 4 amide bonds. The maximum absolute atomic E-state index is 13.8. The Morgan fingerprint density at radius 3 is 0.980 bits per heavy atom. The minimum atomic E-state index is -2.39. The van der Waals surface area contributed by atoms with E-state index >= 15 is 0 Å². The van der Waals surface area contributed by atoms with Crippen molar-refractivity contribution >= 4 is 23.6 Å². The quantitative estimate of drug-likeness (QED) is 0.0200. The molecule has 150 heavy (non-hydrogen) atoms. The average Bonchev–Trinajstić information content (AvgIpc) is 0.754. The second kappa shape index (κ2) is 66.2. The van der Waals surface area contributed by atoms with E-state index in [0.717, 1.165) is 78.6 Å². The maximum Gasteiger partial charge on any atom is 0.220 e. The number of nitrogens with one attached hydrogen (secondary N) is 4. The van der Waals surface area contributed by atoms with Gasteiger partial charge in [0.05, 0.1) is 77.2 Å². The van der Waals surface area contributed by atoms with Crippen molar-refractivity contribution in [3.05, 3.63) is 12.2 Å². The predicted molar refractivity (Wildman–Crippen MR) is 519 cm³/mol. The largest absolute Gasteiger partial charge is 0.394 e. The SMILES string of the molecule is CCCCCCCCCCCCC/C=C/[C@@H](O)[C@H](CO[C@@H]1OC(CO)[C@@H](O[C@@H]2OC(CO)[C@H](O)[C@H](O[C@@H]3OC(CO)[C@@H](O[C@@H]4OC(CO)[C@H](O)[C@H](O[C@H]5OC(CO)[C@H](O)[C@H](O[C@@H]6OC(CO)[C@H](O)[C@H](O[C@H]7OC(CO)[C@H](O)[C@H](O)C7NC(C)=O)C6O[C@H]6OC(C)[C@@H](O)C(O)[C@@H]6O)C5NC(C)=O)C4O[C@H]4OC(C)[C@@H](O)C(O)[C@@H]4O)[C@H](O)C3NC(C)=O)C2O)[C@H](O)C1O)NC(=O)CCCCCCCCCCCCCCCCCCCCC. The van der Waals surface area contributed by atoms with Crippen LogP contribution in [-0.2, 0) is 104 Å². The summed E-state index contributed by atoms with van der Waals surface area (Å²) in [6.45, 7) is 1.27. The number of carbonyl (C=O) groups excluding carboxylic acids is 4. The van der Waals surface area contributed by atoms with Crippen molar-refractivity contribution < 1.29 is 227 Å². The third kappa shape index (κ3) is 36.7. The Balaban J connectivity index is 0.921. The number of carbonyl (C=O) groups is 4. The van der Waals surface area contributed by atoms with Crippen LogP contribution in [0.1, 0.15) is 254 Å². The molecule has 0 bridgehead atoms. The van der Waals surface area contributed by atoms with Gasteiger partial charge in [0.15, 0.2) is 56.6 Å².